The van der Waals surface area contributed by atoms with E-state index in [1.807, 2.05) is 20.8 Å². The molecule has 0 spiro atoms. The number of carbonyl (C=O) groups excluding carboxylic acids is 1. The van der Waals surface area contributed by atoms with Crippen LogP contribution in [0, 0.1) is 0 Å². The second kappa shape index (κ2) is 6.81. The number of hydrogen-bond acceptors (Lipinski definition) is 3. The zero-order chi connectivity index (χ0) is 17.2. The highest BCUT2D eigenvalue weighted by molar-refractivity contribution is 5.85. The summed E-state index contributed by atoms with van der Waals surface area (Å²) in [4.78, 5) is 14.3. The molecule has 128 valence electrons. The molecule has 1 aliphatic heterocycles. The molecular formula is C20H26N2O2. The van der Waals surface area contributed by atoms with E-state index in [0.29, 0.717) is 0 Å². The van der Waals surface area contributed by atoms with Crippen LogP contribution in [0.25, 0.3) is 10.8 Å². The maximum atomic E-state index is 11.9. The van der Waals surface area contributed by atoms with Crippen molar-refractivity contribution in [3.63, 3.8) is 0 Å². The molecule has 1 atom stereocenters. The summed E-state index contributed by atoms with van der Waals surface area (Å²) in [7, 11) is 0. The predicted octanol–water partition coefficient (Wildman–Crippen LogP) is 3.94. The van der Waals surface area contributed by atoms with Crippen molar-refractivity contribution in [2.24, 2.45) is 0 Å². The van der Waals surface area contributed by atoms with Gasteiger partial charge in [0.05, 0.1) is 0 Å². The third kappa shape index (κ3) is 4.26. The maximum absolute atomic E-state index is 11.9. The van der Waals surface area contributed by atoms with Crippen LogP contribution in [0.1, 0.15) is 32.8 Å². The number of hydrogen-bond donors (Lipinski definition) is 1. The fraction of sp³-hybridized carbons (Fsp3) is 0.450. The number of ether oxygens (including phenoxy) is 1. The smallest absolute Gasteiger partial charge is 0.407 e. The quantitative estimate of drug-likeness (QED) is 0.929. The molecule has 1 saturated heterocycles. The summed E-state index contributed by atoms with van der Waals surface area (Å²) in [5.74, 6) is 0. The largest absolute Gasteiger partial charge is 0.444 e. The minimum Gasteiger partial charge on any atom is -0.444 e. The molecule has 1 heterocycles. The van der Waals surface area contributed by atoms with Crippen molar-refractivity contribution in [1.29, 1.82) is 0 Å². The van der Waals surface area contributed by atoms with Crippen molar-refractivity contribution in [2.45, 2.75) is 45.4 Å². The van der Waals surface area contributed by atoms with Gasteiger partial charge in [-0.25, -0.2) is 4.79 Å². The summed E-state index contributed by atoms with van der Waals surface area (Å²) in [5, 5.41) is 5.57. The summed E-state index contributed by atoms with van der Waals surface area (Å²) < 4.78 is 5.34. The van der Waals surface area contributed by atoms with Crippen molar-refractivity contribution in [3.05, 3.63) is 48.0 Å². The Balaban J connectivity index is 1.59. The third-order valence-corrected chi connectivity index (χ3v) is 4.27. The zero-order valence-corrected chi connectivity index (χ0v) is 14.7. The Labute approximate surface area is 143 Å². The third-order valence-electron chi connectivity index (χ3n) is 4.27. The lowest BCUT2D eigenvalue weighted by molar-refractivity contribution is 0.0506. The molecular weight excluding hydrogens is 300 g/mol. The summed E-state index contributed by atoms with van der Waals surface area (Å²) in [6.07, 6.45) is 0.642. The van der Waals surface area contributed by atoms with E-state index in [0.717, 1.165) is 26.1 Å². The second-order valence-electron chi connectivity index (χ2n) is 7.51. The van der Waals surface area contributed by atoms with E-state index in [4.69, 9.17) is 4.74 Å². The minimum atomic E-state index is -0.453. The highest BCUT2D eigenvalue weighted by Crippen LogP contribution is 2.22. The Morgan fingerprint density at radius 2 is 1.96 bits per heavy atom. The molecule has 2 aromatic rings. The fourth-order valence-electron chi connectivity index (χ4n) is 3.24. The highest BCUT2D eigenvalue weighted by atomic mass is 16.6. The van der Waals surface area contributed by atoms with E-state index < -0.39 is 5.60 Å². The topological polar surface area (TPSA) is 41.6 Å². The Morgan fingerprint density at radius 1 is 1.21 bits per heavy atom. The summed E-state index contributed by atoms with van der Waals surface area (Å²) in [6, 6.07) is 15.1. The molecule has 0 unspecified atom stereocenters. The van der Waals surface area contributed by atoms with Gasteiger partial charge in [-0.1, -0.05) is 42.5 Å². The number of amides is 1. The van der Waals surface area contributed by atoms with Crippen LogP contribution in [-0.2, 0) is 11.3 Å². The van der Waals surface area contributed by atoms with Gasteiger partial charge in [0.1, 0.15) is 5.60 Å². The Bertz CT molecular complexity index is 716. The van der Waals surface area contributed by atoms with Gasteiger partial charge in [-0.3, -0.25) is 4.90 Å². The van der Waals surface area contributed by atoms with E-state index in [1.54, 1.807) is 0 Å². The second-order valence-corrected chi connectivity index (χ2v) is 7.51. The van der Waals surface area contributed by atoms with Crippen molar-refractivity contribution in [3.8, 4) is 0 Å². The van der Waals surface area contributed by atoms with Crippen LogP contribution in [0.3, 0.4) is 0 Å². The van der Waals surface area contributed by atoms with Crippen molar-refractivity contribution in [2.75, 3.05) is 13.1 Å². The van der Waals surface area contributed by atoms with E-state index in [2.05, 4.69) is 52.7 Å². The normalized spacial score (nSPS) is 18.7. The molecule has 2 aromatic carbocycles. The van der Waals surface area contributed by atoms with Gasteiger partial charge in [-0.15, -0.1) is 0 Å². The lowest BCUT2D eigenvalue weighted by Gasteiger charge is -2.22. The van der Waals surface area contributed by atoms with Crippen molar-refractivity contribution < 1.29 is 9.53 Å². The summed E-state index contributed by atoms with van der Waals surface area (Å²) >= 11 is 0. The molecule has 0 aromatic heterocycles. The molecule has 3 rings (SSSR count). The van der Waals surface area contributed by atoms with E-state index in [1.165, 1.54) is 16.3 Å². The standard InChI is InChI=1S/C20H26N2O2/c1-20(2,3)24-19(23)21-17-11-12-22(14-17)13-16-9-6-8-15-7-4-5-10-18(15)16/h4-10,17H,11-14H2,1-3H3,(H,21,23)/t17-/m0/s1. The van der Waals surface area contributed by atoms with Crippen LogP contribution in [0.5, 0.6) is 0 Å². The van der Waals surface area contributed by atoms with Gasteiger partial charge >= 0.3 is 6.09 Å². The predicted molar refractivity (Wildman–Crippen MR) is 97.0 cm³/mol. The first-order valence-electron chi connectivity index (χ1n) is 8.59. The number of nitrogens with one attached hydrogen (secondary N) is 1. The fourth-order valence-corrected chi connectivity index (χ4v) is 3.24. The first kappa shape index (κ1) is 16.8. The molecule has 24 heavy (non-hydrogen) atoms. The van der Waals surface area contributed by atoms with Crippen molar-refractivity contribution in [1.82, 2.24) is 10.2 Å². The van der Waals surface area contributed by atoms with Gasteiger partial charge in [-0.05, 0) is 43.5 Å². The number of benzene rings is 2. The van der Waals surface area contributed by atoms with E-state index >= 15 is 0 Å². The SMILES string of the molecule is CC(C)(C)OC(=O)N[C@H]1CCN(Cc2cccc3ccccc23)C1. The number of likely N-dealkylation sites (tertiary alicyclic amines) is 1. The van der Waals surface area contributed by atoms with Crippen LogP contribution in [0.15, 0.2) is 42.5 Å². The van der Waals surface area contributed by atoms with E-state index in [9.17, 15) is 4.79 Å². The van der Waals surface area contributed by atoms with Gasteiger partial charge in [-0.2, -0.15) is 0 Å². The zero-order valence-electron chi connectivity index (χ0n) is 14.7. The average Bonchev–Trinajstić information content (AvgIpc) is 2.92. The molecule has 4 nitrogen and oxygen atoms in total. The number of nitrogens with zero attached hydrogens (tertiary/aromatic N) is 1. The van der Waals surface area contributed by atoms with Crippen molar-refractivity contribution >= 4 is 16.9 Å². The number of fused-ring (bicyclic) bond motifs is 1. The van der Waals surface area contributed by atoms with Gasteiger partial charge in [0, 0.05) is 25.7 Å². The maximum Gasteiger partial charge on any atom is 0.407 e. The number of alkyl carbamates (subject to hydrolysis) is 1. The first-order chi connectivity index (χ1) is 11.4. The number of rotatable bonds is 3. The molecule has 1 aliphatic rings. The Hall–Kier alpha value is -2.07. The highest BCUT2D eigenvalue weighted by Gasteiger charge is 2.26. The molecule has 1 fully saturated rings. The van der Waals surface area contributed by atoms with Crippen LogP contribution in [0.2, 0.25) is 0 Å². The minimum absolute atomic E-state index is 0.162. The van der Waals surface area contributed by atoms with Gasteiger partial charge in [0.15, 0.2) is 0 Å². The van der Waals surface area contributed by atoms with Crippen LogP contribution in [0.4, 0.5) is 4.79 Å². The van der Waals surface area contributed by atoms with Gasteiger partial charge in [0.2, 0.25) is 0 Å². The average molecular weight is 326 g/mol. The van der Waals surface area contributed by atoms with Crippen LogP contribution < -0.4 is 5.32 Å². The molecule has 4 heteroatoms. The molecule has 1 N–H and O–H groups in total. The molecule has 0 radical (unpaired) electrons. The summed E-state index contributed by atoms with van der Waals surface area (Å²) in [6.45, 7) is 8.41. The number of carbonyl (C=O) groups is 1. The molecule has 1 amide bonds. The lowest BCUT2D eigenvalue weighted by atomic mass is 10.0. The monoisotopic (exact) mass is 326 g/mol. The van der Waals surface area contributed by atoms with Crippen LogP contribution in [-0.4, -0.2) is 35.7 Å². The van der Waals surface area contributed by atoms with Gasteiger partial charge < -0.3 is 10.1 Å². The summed E-state index contributed by atoms with van der Waals surface area (Å²) in [5.41, 5.74) is 0.886. The molecule has 0 aliphatic carbocycles. The van der Waals surface area contributed by atoms with Crippen LogP contribution >= 0.6 is 0 Å². The van der Waals surface area contributed by atoms with Gasteiger partial charge in [0.25, 0.3) is 0 Å². The Morgan fingerprint density at radius 3 is 2.75 bits per heavy atom. The molecule has 0 saturated carbocycles. The Kier molecular flexibility index (Phi) is 4.76. The first-order valence-corrected chi connectivity index (χ1v) is 8.59. The molecule has 0 bridgehead atoms. The lowest BCUT2D eigenvalue weighted by Crippen LogP contribution is -2.40. The van der Waals surface area contributed by atoms with E-state index in [-0.39, 0.29) is 12.1 Å².